The fourth-order valence-corrected chi connectivity index (χ4v) is 2.22. The van der Waals surface area contributed by atoms with Crippen molar-refractivity contribution in [2.24, 2.45) is 0 Å². The maximum absolute atomic E-state index is 2.33. The predicted octanol–water partition coefficient (Wildman–Crippen LogP) is -4.66. The Bertz CT molecular complexity index is 455. The van der Waals surface area contributed by atoms with Crippen molar-refractivity contribution in [3.8, 4) is 11.4 Å². The first-order valence-corrected chi connectivity index (χ1v) is 5.42. The molecule has 2 nitrogen and oxygen atoms in total. The SMILES string of the molecule is [I-].[I-].c1cc[n+]2c(c1)-c1cccc[n+]1CCC2. The monoisotopic (exact) mass is 452 g/mol. The molecule has 0 fully saturated rings. The molecule has 0 unspecified atom stereocenters. The first-order valence-electron chi connectivity index (χ1n) is 5.42. The number of aromatic nitrogens is 2. The first-order chi connectivity index (χ1) is 7.45. The van der Waals surface area contributed by atoms with Crippen molar-refractivity contribution in [2.75, 3.05) is 0 Å². The number of fused-ring (bicyclic) bond motifs is 3. The molecular weight excluding hydrogens is 438 g/mol. The second-order valence-corrected chi connectivity index (χ2v) is 3.91. The summed E-state index contributed by atoms with van der Waals surface area (Å²) in [6, 6.07) is 12.8. The molecule has 0 amide bonds. The minimum absolute atomic E-state index is 0. The van der Waals surface area contributed by atoms with E-state index in [2.05, 4.69) is 57.9 Å². The van der Waals surface area contributed by atoms with Gasteiger partial charge in [0, 0.05) is 24.3 Å². The van der Waals surface area contributed by atoms with Crippen LogP contribution in [0, 0.1) is 0 Å². The number of hydrogen-bond acceptors (Lipinski definition) is 0. The van der Waals surface area contributed by atoms with Crippen LogP contribution in [0.25, 0.3) is 11.4 Å². The van der Waals surface area contributed by atoms with Crippen LogP contribution in [0.2, 0.25) is 0 Å². The van der Waals surface area contributed by atoms with Gasteiger partial charge in [0.1, 0.15) is 0 Å². The molecule has 0 bridgehead atoms. The molecule has 0 spiro atoms. The Kier molecular flexibility index (Phi) is 5.78. The summed E-state index contributed by atoms with van der Waals surface area (Å²) in [7, 11) is 0. The molecule has 4 heteroatoms. The van der Waals surface area contributed by atoms with E-state index in [9.17, 15) is 0 Å². The largest absolute Gasteiger partial charge is 1.00 e. The third kappa shape index (κ3) is 2.96. The Balaban J connectivity index is 0.000000722. The third-order valence-electron chi connectivity index (χ3n) is 2.94. The van der Waals surface area contributed by atoms with Gasteiger partial charge in [-0.25, -0.2) is 0 Å². The van der Waals surface area contributed by atoms with Gasteiger partial charge in [-0.15, -0.1) is 0 Å². The van der Waals surface area contributed by atoms with Crippen LogP contribution in [0.3, 0.4) is 0 Å². The van der Waals surface area contributed by atoms with E-state index in [0.717, 1.165) is 13.1 Å². The summed E-state index contributed by atoms with van der Waals surface area (Å²) in [4.78, 5) is 0. The zero-order chi connectivity index (χ0) is 10.1. The van der Waals surface area contributed by atoms with Gasteiger partial charge in [-0.1, -0.05) is 0 Å². The second kappa shape index (κ2) is 6.63. The minimum Gasteiger partial charge on any atom is -1.00 e. The average molecular weight is 452 g/mol. The van der Waals surface area contributed by atoms with Crippen LogP contribution in [0.4, 0.5) is 0 Å². The maximum atomic E-state index is 2.33. The molecule has 0 saturated carbocycles. The van der Waals surface area contributed by atoms with Gasteiger partial charge in [-0.3, -0.25) is 0 Å². The molecule has 2 aromatic heterocycles. The zero-order valence-electron chi connectivity index (χ0n) is 9.39. The van der Waals surface area contributed by atoms with Gasteiger partial charge >= 0.3 is 0 Å². The molecule has 0 saturated heterocycles. The molecule has 0 aliphatic carbocycles. The van der Waals surface area contributed by atoms with Crippen molar-refractivity contribution in [1.29, 1.82) is 0 Å². The standard InChI is InChI=1S/C13H14N2.2HI/c1-3-8-14-10-5-11-15-9-4-2-7-13(15)12(14)6-1;;/h1-4,6-9H,5,10-11H2;2*1H/q+2;;/p-2. The molecule has 2 aromatic rings. The molecule has 0 aromatic carbocycles. The Morgan fingerprint density at radius 3 is 1.65 bits per heavy atom. The number of rotatable bonds is 0. The van der Waals surface area contributed by atoms with E-state index in [1.54, 1.807) is 0 Å². The van der Waals surface area contributed by atoms with E-state index < -0.39 is 0 Å². The van der Waals surface area contributed by atoms with E-state index in [4.69, 9.17) is 0 Å². The van der Waals surface area contributed by atoms with Crippen molar-refractivity contribution in [1.82, 2.24) is 0 Å². The molecule has 90 valence electrons. The van der Waals surface area contributed by atoms with Crippen molar-refractivity contribution in [3.63, 3.8) is 0 Å². The van der Waals surface area contributed by atoms with Crippen LogP contribution in [0.15, 0.2) is 48.8 Å². The van der Waals surface area contributed by atoms with Crippen molar-refractivity contribution >= 4 is 0 Å². The van der Waals surface area contributed by atoms with Gasteiger partial charge in [0.25, 0.3) is 11.4 Å². The lowest BCUT2D eigenvalue weighted by molar-refractivity contribution is -0.688. The summed E-state index contributed by atoms with van der Waals surface area (Å²) in [5.74, 6) is 0. The summed E-state index contributed by atoms with van der Waals surface area (Å²) in [5.41, 5.74) is 2.63. The third-order valence-corrected chi connectivity index (χ3v) is 2.94. The van der Waals surface area contributed by atoms with Crippen LogP contribution in [-0.4, -0.2) is 0 Å². The molecule has 0 atom stereocenters. The molecule has 1 aliphatic heterocycles. The summed E-state index contributed by atoms with van der Waals surface area (Å²) in [6.45, 7) is 2.22. The minimum atomic E-state index is 0. The van der Waals surface area contributed by atoms with Gasteiger partial charge in [0.05, 0.1) is 6.42 Å². The highest BCUT2D eigenvalue weighted by molar-refractivity contribution is 5.45. The average Bonchev–Trinajstić information content (AvgIpc) is 2.48. The van der Waals surface area contributed by atoms with Crippen molar-refractivity contribution in [2.45, 2.75) is 19.5 Å². The van der Waals surface area contributed by atoms with E-state index in [1.165, 1.54) is 17.8 Å². The topological polar surface area (TPSA) is 7.76 Å². The smallest absolute Gasteiger partial charge is 0.277 e. The van der Waals surface area contributed by atoms with E-state index >= 15 is 0 Å². The number of pyridine rings is 2. The number of aryl methyl sites for hydroxylation is 2. The van der Waals surface area contributed by atoms with Crippen LogP contribution >= 0.6 is 0 Å². The van der Waals surface area contributed by atoms with Gasteiger partial charge < -0.3 is 48.0 Å². The zero-order valence-corrected chi connectivity index (χ0v) is 13.7. The summed E-state index contributed by atoms with van der Waals surface area (Å²) < 4.78 is 4.66. The number of hydrogen-bond donors (Lipinski definition) is 0. The summed E-state index contributed by atoms with van der Waals surface area (Å²) >= 11 is 0. The number of halogens is 2. The molecule has 0 N–H and O–H groups in total. The second-order valence-electron chi connectivity index (χ2n) is 3.91. The predicted molar refractivity (Wildman–Crippen MR) is 56.9 cm³/mol. The van der Waals surface area contributed by atoms with Crippen LogP contribution in [0.5, 0.6) is 0 Å². The quantitative estimate of drug-likeness (QED) is 0.281. The molecular formula is C13H14I2N2. The lowest BCUT2D eigenvalue weighted by Crippen LogP contribution is -3.00. The molecule has 3 heterocycles. The highest BCUT2D eigenvalue weighted by atomic mass is 127. The van der Waals surface area contributed by atoms with E-state index in [0.29, 0.717) is 0 Å². The number of nitrogens with zero attached hydrogens (tertiary/aromatic N) is 2. The first kappa shape index (κ1) is 14.8. The molecule has 0 radical (unpaired) electrons. The summed E-state index contributed by atoms with van der Waals surface area (Å²) in [5, 5.41) is 0. The Hall–Kier alpha value is -0.240. The molecule has 17 heavy (non-hydrogen) atoms. The Labute approximate surface area is 136 Å². The normalized spacial score (nSPS) is 12.2. The van der Waals surface area contributed by atoms with Crippen molar-refractivity contribution in [3.05, 3.63) is 48.8 Å². The molecule has 1 aliphatic rings. The molecule has 3 rings (SSSR count). The van der Waals surface area contributed by atoms with Crippen LogP contribution < -0.4 is 57.1 Å². The maximum Gasteiger partial charge on any atom is 0.277 e. The fraction of sp³-hybridized carbons (Fsp3) is 0.231. The lowest BCUT2D eigenvalue weighted by atomic mass is 10.2. The van der Waals surface area contributed by atoms with E-state index in [1.807, 2.05) is 0 Å². The van der Waals surface area contributed by atoms with E-state index in [-0.39, 0.29) is 48.0 Å². The Morgan fingerprint density at radius 1 is 0.706 bits per heavy atom. The van der Waals surface area contributed by atoms with Gasteiger partial charge in [0.15, 0.2) is 25.5 Å². The van der Waals surface area contributed by atoms with Gasteiger partial charge in [-0.05, 0) is 12.1 Å². The fourth-order valence-electron chi connectivity index (χ4n) is 2.22. The van der Waals surface area contributed by atoms with Gasteiger partial charge in [0.2, 0.25) is 0 Å². The van der Waals surface area contributed by atoms with Gasteiger partial charge in [-0.2, -0.15) is 9.13 Å². The highest BCUT2D eigenvalue weighted by Crippen LogP contribution is 2.11. The van der Waals surface area contributed by atoms with Crippen LogP contribution in [0.1, 0.15) is 6.42 Å². The Morgan fingerprint density at radius 2 is 1.18 bits per heavy atom. The van der Waals surface area contributed by atoms with Crippen LogP contribution in [-0.2, 0) is 13.1 Å². The summed E-state index contributed by atoms with van der Waals surface area (Å²) in [6.07, 6.45) is 5.53. The lowest BCUT2D eigenvalue weighted by Gasteiger charge is -1.97. The van der Waals surface area contributed by atoms with Crippen molar-refractivity contribution < 1.29 is 57.1 Å². The highest BCUT2D eigenvalue weighted by Gasteiger charge is 2.24.